The van der Waals surface area contributed by atoms with Crippen LogP contribution >= 0.6 is 0 Å². The van der Waals surface area contributed by atoms with Crippen LogP contribution in [0.1, 0.15) is 17.9 Å². The second kappa shape index (κ2) is 5.94. The predicted molar refractivity (Wildman–Crippen MR) is 63.4 cm³/mol. The summed E-state index contributed by atoms with van der Waals surface area (Å²) in [5.41, 5.74) is -1.52. The first-order chi connectivity index (χ1) is 8.36. The summed E-state index contributed by atoms with van der Waals surface area (Å²) in [6, 6.07) is 8.30. The molecule has 0 fully saturated rings. The molecule has 0 heterocycles. The Morgan fingerprint density at radius 1 is 1.33 bits per heavy atom. The van der Waals surface area contributed by atoms with Crippen LogP contribution in [0.2, 0.25) is 0 Å². The first-order valence-corrected chi connectivity index (χ1v) is 6.63. The van der Waals surface area contributed by atoms with Gasteiger partial charge in [-0.2, -0.15) is 8.42 Å². The van der Waals surface area contributed by atoms with E-state index < -0.39 is 33.9 Å². The summed E-state index contributed by atoms with van der Waals surface area (Å²) in [5.74, 6) is -1.63. The molecule has 0 radical (unpaired) electrons. The summed E-state index contributed by atoms with van der Waals surface area (Å²) < 4.78 is 34.8. The minimum absolute atomic E-state index is 0.463. The Morgan fingerprint density at radius 2 is 1.89 bits per heavy atom. The molecule has 0 aromatic heterocycles. The highest BCUT2D eigenvalue weighted by Crippen LogP contribution is 2.24. The van der Waals surface area contributed by atoms with E-state index in [-0.39, 0.29) is 0 Å². The highest BCUT2D eigenvalue weighted by Gasteiger charge is 2.30. The van der Waals surface area contributed by atoms with E-state index in [1.54, 1.807) is 30.3 Å². The molecule has 7 heteroatoms. The van der Waals surface area contributed by atoms with Gasteiger partial charge in [-0.15, -0.1) is 0 Å². The first kappa shape index (κ1) is 14.6. The lowest BCUT2D eigenvalue weighted by Crippen LogP contribution is -2.26. The Bertz CT molecular complexity index is 496. The lowest BCUT2D eigenvalue weighted by molar-refractivity contribution is -0.143. The van der Waals surface area contributed by atoms with E-state index in [0.717, 1.165) is 7.11 Å². The molecule has 100 valence electrons. The molecule has 0 bridgehead atoms. The minimum Gasteiger partial charge on any atom is -0.469 e. The number of carbonyl (C=O) groups is 1. The van der Waals surface area contributed by atoms with E-state index in [2.05, 4.69) is 4.74 Å². The molecule has 0 saturated carbocycles. The topological polar surface area (TPSA) is 101 Å². The number of aliphatic hydroxyl groups is 1. The van der Waals surface area contributed by atoms with Gasteiger partial charge in [0.25, 0.3) is 10.1 Å². The van der Waals surface area contributed by atoms with E-state index in [1.807, 2.05) is 0 Å². The molecule has 0 spiro atoms. The van der Waals surface area contributed by atoms with Crippen LogP contribution in [0.3, 0.4) is 0 Å². The fraction of sp³-hybridized carbons (Fsp3) is 0.364. The maximum absolute atomic E-state index is 11.6. The standard InChI is InChI=1S/C11H14O6S/c1-17-11(13)9(7-10(12)18(14,15)16)8-5-3-2-4-6-8/h2-6,9-10,12H,7H2,1H3,(H,14,15,16). The van der Waals surface area contributed by atoms with E-state index in [9.17, 15) is 18.3 Å². The van der Waals surface area contributed by atoms with E-state index in [0.29, 0.717) is 5.56 Å². The molecule has 1 rings (SSSR count). The second-order valence-electron chi connectivity index (χ2n) is 3.69. The third-order valence-corrected chi connectivity index (χ3v) is 3.35. The summed E-state index contributed by atoms with van der Waals surface area (Å²) >= 11 is 0. The molecule has 18 heavy (non-hydrogen) atoms. The zero-order valence-corrected chi connectivity index (χ0v) is 10.5. The molecular weight excluding hydrogens is 260 g/mol. The Labute approximate surface area is 105 Å². The normalized spacial score (nSPS) is 14.8. The molecule has 0 saturated heterocycles. The number of carbonyl (C=O) groups excluding carboxylic acids is 1. The van der Waals surface area contributed by atoms with Crippen LogP contribution in [-0.2, 0) is 19.6 Å². The van der Waals surface area contributed by atoms with E-state index in [1.165, 1.54) is 0 Å². The van der Waals surface area contributed by atoms with Crippen molar-refractivity contribution in [3.8, 4) is 0 Å². The molecule has 0 aliphatic heterocycles. The average Bonchev–Trinajstić information content (AvgIpc) is 2.34. The smallest absolute Gasteiger partial charge is 0.313 e. The van der Waals surface area contributed by atoms with Crippen LogP contribution in [0, 0.1) is 0 Å². The van der Waals surface area contributed by atoms with Gasteiger partial charge in [0.1, 0.15) is 0 Å². The SMILES string of the molecule is COC(=O)C(CC(O)S(=O)(=O)O)c1ccccc1. The lowest BCUT2D eigenvalue weighted by Gasteiger charge is -2.17. The van der Waals surface area contributed by atoms with Gasteiger partial charge in [0, 0.05) is 6.42 Å². The van der Waals surface area contributed by atoms with Crippen molar-refractivity contribution in [2.24, 2.45) is 0 Å². The van der Waals surface area contributed by atoms with Gasteiger partial charge in [-0.3, -0.25) is 9.35 Å². The van der Waals surface area contributed by atoms with Crippen molar-refractivity contribution in [1.29, 1.82) is 0 Å². The van der Waals surface area contributed by atoms with Crippen LogP contribution in [-0.4, -0.2) is 36.6 Å². The molecule has 2 N–H and O–H groups in total. The van der Waals surface area contributed by atoms with Crippen molar-refractivity contribution in [3.05, 3.63) is 35.9 Å². The third-order valence-electron chi connectivity index (χ3n) is 2.47. The number of hydrogen-bond acceptors (Lipinski definition) is 5. The molecule has 0 aliphatic rings. The Hall–Kier alpha value is -1.44. The summed E-state index contributed by atoms with van der Waals surface area (Å²) in [4.78, 5) is 11.6. The second-order valence-corrected chi connectivity index (χ2v) is 5.27. The number of aliphatic hydroxyl groups excluding tert-OH is 1. The number of esters is 1. The third kappa shape index (κ3) is 3.80. The van der Waals surface area contributed by atoms with Gasteiger partial charge < -0.3 is 9.84 Å². The monoisotopic (exact) mass is 274 g/mol. The van der Waals surface area contributed by atoms with Crippen molar-refractivity contribution < 1.29 is 27.6 Å². The number of hydrogen-bond donors (Lipinski definition) is 2. The lowest BCUT2D eigenvalue weighted by atomic mass is 9.96. The first-order valence-electron chi connectivity index (χ1n) is 5.13. The zero-order chi connectivity index (χ0) is 13.8. The average molecular weight is 274 g/mol. The number of methoxy groups -OCH3 is 1. The molecule has 1 aromatic rings. The van der Waals surface area contributed by atoms with Crippen LogP contribution in [0.5, 0.6) is 0 Å². The molecule has 0 amide bonds. The van der Waals surface area contributed by atoms with Crippen LogP contribution in [0.25, 0.3) is 0 Å². The van der Waals surface area contributed by atoms with Crippen molar-refractivity contribution in [3.63, 3.8) is 0 Å². The molecule has 2 atom stereocenters. The highest BCUT2D eigenvalue weighted by molar-refractivity contribution is 7.86. The van der Waals surface area contributed by atoms with Crippen LogP contribution in [0.4, 0.5) is 0 Å². The largest absolute Gasteiger partial charge is 0.469 e. The zero-order valence-electron chi connectivity index (χ0n) is 9.68. The number of ether oxygens (including phenoxy) is 1. The van der Waals surface area contributed by atoms with Gasteiger partial charge in [-0.05, 0) is 5.56 Å². The molecular formula is C11H14O6S. The van der Waals surface area contributed by atoms with Gasteiger partial charge >= 0.3 is 5.97 Å². The van der Waals surface area contributed by atoms with Crippen molar-refractivity contribution in [1.82, 2.24) is 0 Å². The van der Waals surface area contributed by atoms with E-state index in [4.69, 9.17) is 4.55 Å². The number of benzene rings is 1. The maximum atomic E-state index is 11.6. The van der Waals surface area contributed by atoms with E-state index >= 15 is 0 Å². The predicted octanol–water partition coefficient (Wildman–Crippen LogP) is 0.539. The maximum Gasteiger partial charge on any atom is 0.313 e. The summed E-state index contributed by atoms with van der Waals surface area (Å²) in [5, 5.41) is 9.32. The Balaban J connectivity index is 2.98. The summed E-state index contributed by atoms with van der Waals surface area (Å²) in [6.45, 7) is 0. The van der Waals surface area contributed by atoms with Crippen molar-refractivity contribution >= 4 is 16.1 Å². The van der Waals surface area contributed by atoms with Gasteiger partial charge in [0.05, 0.1) is 13.0 Å². The van der Waals surface area contributed by atoms with Crippen molar-refractivity contribution in [2.45, 2.75) is 17.8 Å². The van der Waals surface area contributed by atoms with Gasteiger partial charge in [0.15, 0.2) is 5.44 Å². The molecule has 0 aliphatic carbocycles. The van der Waals surface area contributed by atoms with Crippen LogP contribution < -0.4 is 0 Å². The molecule has 1 aromatic carbocycles. The highest BCUT2D eigenvalue weighted by atomic mass is 32.2. The molecule has 2 unspecified atom stereocenters. The fourth-order valence-electron chi connectivity index (χ4n) is 1.52. The Kier molecular flexibility index (Phi) is 4.83. The van der Waals surface area contributed by atoms with Gasteiger partial charge in [-0.1, -0.05) is 30.3 Å². The van der Waals surface area contributed by atoms with Crippen molar-refractivity contribution in [2.75, 3.05) is 7.11 Å². The Morgan fingerprint density at radius 3 is 2.33 bits per heavy atom. The van der Waals surface area contributed by atoms with Gasteiger partial charge in [-0.25, -0.2) is 0 Å². The van der Waals surface area contributed by atoms with Gasteiger partial charge in [0.2, 0.25) is 0 Å². The quantitative estimate of drug-likeness (QED) is 0.600. The van der Waals surface area contributed by atoms with Crippen LogP contribution in [0.15, 0.2) is 30.3 Å². The summed E-state index contributed by atoms with van der Waals surface area (Å²) in [6.07, 6.45) is -0.463. The number of rotatable bonds is 5. The minimum atomic E-state index is -4.60. The fourth-order valence-corrected chi connectivity index (χ4v) is 1.95. The molecule has 6 nitrogen and oxygen atoms in total. The summed E-state index contributed by atoms with van der Waals surface area (Å²) in [7, 11) is -3.44.